The monoisotopic (exact) mass is 941 g/mol. The smallest absolute Gasteiger partial charge is 0.410 e. The van der Waals surface area contributed by atoms with Crippen LogP contribution in [0.1, 0.15) is 67.2 Å². The Labute approximate surface area is 403 Å². The van der Waals surface area contributed by atoms with Crippen LogP contribution in [0.3, 0.4) is 0 Å². The summed E-state index contributed by atoms with van der Waals surface area (Å²) in [6.07, 6.45) is 7.01. The summed E-state index contributed by atoms with van der Waals surface area (Å²) in [4.78, 5) is 44.0. The molecule has 0 spiro atoms. The van der Waals surface area contributed by atoms with E-state index in [0.29, 0.717) is 25.2 Å². The van der Waals surface area contributed by atoms with Crippen LogP contribution in [0, 0.1) is 0 Å². The number of β-amino-alcohol motifs (C(OH)–C–C–N with tert-alkyl or cyclic N) is 1. The number of hydrogen-bond donors (Lipinski definition) is 2. The van der Waals surface area contributed by atoms with E-state index < -0.39 is 17.3 Å². The SMILES string of the molecule is CC(C)(C)OC(=O)N1CCC(N2CCN(C[C@@H](O)COc3ccnc4ccccc34)CC2)CC1.CC(C)(C)OC(=O)N1CCC(N2CCNCC2)CC1.c1cc(OCC2CO2)c2cccnc2c1. The molecule has 5 fully saturated rings. The summed E-state index contributed by atoms with van der Waals surface area (Å²) < 4.78 is 27.6. The molecule has 16 heteroatoms. The number of benzene rings is 2. The average molecular weight is 941 g/mol. The van der Waals surface area contributed by atoms with Gasteiger partial charge in [0.2, 0.25) is 0 Å². The molecule has 372 valence electrons. The molecule has 16 nitrogen and oxygen atoms in total. The molecule has 2 amide bonds. The third-order valence-corrected chi connectivity index (χ3v) is 12.8. The fourth-order valence-electron chi connectivity index (χ4n) is 9.12. The van der Waals surface area contributed by atoms with Gasteiger partial charge < -0.3 is 43.9 Å². The van der Waals surface area contributed by atoms with E-state index in [9.17, 15) is 14.7 Å². The first-order valence-electron chi connectivity index (χ1n) is 24.8. The lowest BCUT2D eigenvalue weighted by atomic mass is 10.0. The molecule has 5 aliphatic heterocycles. The van der Waals surface area contributed by atoms with Gasteiger partial charge in [-0.3, -0.25) is 24.7 Å². The number of para-hydroxylation sites is 1. The van der Waals surface area contributed by atoms with E-state index in [1.807, 2.05) is 112 Å². The number of aromatic nitrogens is 2. The topological polar surface area (TPSA) is 158 Å². The van der Waals surface area contributed by atoms with Crippen molar-refractivity contribution in [1.82, 2.24) is 39.8 Å². The van der Waals surface area contributed by atoms with Gasteiger partial charge in [0.25, 0.3) is 0 Å². The standard InChI is InChI=1S/C26H38N4O4.C14H27N3O2.C12H11NO2/c1-26(2,3)34-25(32)30-12-9-20(10-13-30)29-16-14-28(15-17-29)18-21(31)19-33-24-8-11-27-23-7-5-4-6-22(23)24;1-14(2,3)19-13(18)17-8-4-12(5-9-17)16-10-6-15-7-11-16;1-4-11-10(3-2-6-13-11)12(5-1)15-8-9-7-14-9/h4-8,11,20-21,31H,9-10,12-19H2,1-3H3;12,15H,4-11H2,1-3H3;1-6,9H,7-8H2/t21-;;/m1../s1. The van der Waals surface area contributed by atoms with Gasteiger partial charge in [-0.05, 0) is 110 Å². The quantitative estimate of drug-likeness (QED) is 0.171. The van der Waals surface area contributed by atoms with Gasteiger partial charge in [0.05, 0.1) is 17.6 Å². The van der Waals surface area contributed by atoms with Crippen LogP contribution in [-0.2, 0) is 14.2 Å². The Hall–Kier alpha value is -4.84. The molecule has 5 aliphatic rings. The number of piperidine rings is 2. The third-order valence-electron chi connectivity index (χ3n) is 12.8. The van der Waals surface area contributed by atoms with Gasteiger partial charge in [-0.1, -0.05) is 18.2 Å². The lowest BCUT2D eigenvalue weighted by molar-refractivity contribution is 0.00535. The molecule has 0 saturated carbocycles. The minimum atomic E-state index is -0.546. The molecular formula is C52H76N8O8. The van der Waals surface area contributed by atoms with Gasteiger partial charge in [-0.25, -0.2) is 9.59 Å². The summed E-state index contributed by atoms with van der Waals surface area (Å²) in [5.74, 6) is 1.64. The largest absolute Gasteiger partial charge is 0.490 e. The van der Waals surface area contributed by atoms with E-state index in [0.717, 1.165) is 144 Å². The highest BCUT2D eigenvalue weighted by Gasteiger charge is 2.32. The van der Waals surface area contributed by atoms with Crippen LogP contribution in [0.15, 0.2) is 73.1 Å². The number of nitrogens with zero attached hydrogens (tertiary/aromatic N) is 7. The van der Waals surface area contributed by atoms with Gasteiger partial charge in [-0.2, -0.15) is 0 Å². The van der Waals surface area contributed by atoms with E-state index in [4.69, 9.17) is 23.7 Å². The number of aliphatic hydroxyl groups is 1. The average Bonchev–Trinajstić information content (AvgIpc) is 4.18. The molecule has 2 aromatic heterocycles. The van der Waals surface area contributed by atoms with Crippen LogP contribution in [0.5, 0.6) is 11.5 Å². The first-order valence-corrected chi connectivity index (χ1v) is 24.8. The first kappa shape index (κ1) is 51.0. The number of carbonyl (C=O) groups is 2. The number of nitrogens with one attached hydrogen (secondary N) is 1. The molecule has 5 saturated heterocycles. The zero-order valence-electron chi connectivity index (χ0n) is 41.3. The summed E-state index contributed by atoms with van der Waals surface area (Å²) in [6, 6.07) is 20.7. The predicted octanol–water partition coefficient (Wildman–Crippen LogP) is 6.30. The second-order valence-corrected chi connectivity index (χ2v) is 20.4. The van der Waals surface area contributed by atoms with Gasteiger partial charge in [-0.15, -0.1) is 0 Å². The van der Waals surface area contributed by atoms with Crippen molar-refractivity contribution in [3.05, 3.63) is 73.1 Å². The predicted molar refractivity (Wildman–Crippen MR) is 264 cm³/mol. The van der Waals surface area contributed by atoms with Crippen molar-refractivity contribution in [3.63, 3.8) is 0 Å². The van der Waals surface area contributed by atoms with Gasteiger partial charge >= 0.3 is 12.2 Å². The zero-order valence-corrected chi connectivity index (χ0v) is 41.3. The second-order valence-electron chi connectivity index (χ2n) is 20.4. The van der Waals surface area contributed by atoms with E-state index in [1.54, 1.807) is 12.4 Å². The number of ether oxygens (including phenoxy) is 5. The maximum Gasteiger partial charge on any atom is 0.410 e. The fraction of sp³-hybridized carbons (Fsp3) is 0.615. The number of hydrogen-bond acceptors (Lipinski definition) is 14. The highest BCUT2D eigenvalue weighted by molar-refractivity contribution is 5.85. The summed E-state index contributed by atoms with van der Waals surface area (Å²) in [6.45, 7) is 25.2. The Bertz CT molecular complexity index is 2170. The van der Waals surface area contributed by atoms with Crippen LogP contribution < -0.4 is 14.8 Å². The normalized spacial score (nSPS) is 20.7. The van der Waals surface area contributed by atoms with Crippen molar-refractivity contribution in [2.45, 2.75) is 103 Å². The van der Waals surface area contributed by atoms with E-state index in [-0.39, 0.29) is 24.9 Å². The van der Waals surface area contributed by atoms with Crippen molar-refractivity contribution < 1.29 is 38.4 Å². The number of rotatable bonds is 10. The number of amides is 2. The molecule has 2 aromatic carbocycles. The number of likely N-dealkylation sites (tertiary alicyclic amines) is 2. The molecule has 68 heavy (non-hydrogen) atoms. The number of piperazine rings is 2. The van der Waals surface area contributed by atoms with Crippen molar-refractivity contribution in [2.24, 2.45) is 0 Å². The second kappa shape index (κ2) is 24.1. The van der Waals surface area contributed by atoms with Crippen molar-refractivity contribution in [2.75, 3.05) is 105 Å². The number of pyridine rings is 2. The van der Waals surface area contributed by atoms with Crippen LogP contribution in [0.2, 0.25) is 0 Å². The number of fused-ring (bicyclic) bond motifs is 2. The molecule has 0 aliphatic carbocycles. The molecule has 7 heterocycles. The number of epoxide rings is 1. The Morgan fingerprint density at radius 2 is 1.18 bits per heavy atom. The molecule has 0 bridgehead atoms. The first-order chi connectivity index (χ1) is 32.7. The number of carbonyl (C=O) groups excluding carboxylic acids is 2. The maximum absolute atomic E-state index is 12.3. The number of aliphatic hydroxyl groups excluding tert-OH is 1. The van der Waals surface area contributed by atoms with E-state index in [1.165, 1.54) is 0 Å². The van der Waals surface area contributed by atoms with Crippen molar-refractivity contribution in [1.29, 1.82) is 0 Å². The zero-order chi connectivity index (χ0) is 48.1. The van der Waals surface area contributed by atoms with Gasteiger partial charge in [0, 0.05) is 120 Å². The Morgan fingerprint density at radius 1 is 0.662 bits per heavy atom. The van der Waals surface area contributed by atoms with Crippen molar-refractivity contribution >= 4 is 34.0 Å². The molecule has 2 N–H and O–H groups in total. The molecule has 2 atom stereocenters. The highest BCUT2D eigenvalue weighted by atomic mass is 16.6. The van der Waals surface area contributed by atoms with Crippen LogP contribution >= 0.6 is 0 Å². The lowest BCUT2D eigenvalue weighted by Gasteiger charge is -2.43. The minimum absolute atomic E-state index is 0.161. The van der Waals surface area contributed by atoms with Crippen LogP contribution in [-0.4, -0.2) is 192 Å². The maximum atomic E-state index is 12.3. The van der Waals surface area contributed by atoms with Gasteiger partial charge in [0.15, 0.2) is 0 Å². The fourth-order valence-corrected chi connectivity index (χ4v) is 9.12. The van der Waals surface area contributed by atoms with Crippen LogP contribution in [0.4, 0.5) is 9.59 Å². The van der Waals surface area contributed by atoms with Crippen LogP contribution in [0.25, 0.3) is 21.8 Å². The van der Waals surface area contributed by atoms with Gasteiger partial charge in [0.1, 0.15) is 48.1 Å². The summed E-state index contributed by atoms with van der Waals surface area (Å²) >= 11 is 0. The molecule has 0 radical (unpaired) electrons. The Balaban J connectivity index is 0.000000168. The van der Waals surface area contributed by atoms with E-state index >= 15 is 0 Å². The molecule has 4 aromatic rings. The highest BCUT2D eigenvalue weighted by Crippen LogP contribution is 2.26. The van der Waals surface area contributed by atoms with Crippen molar-refractivity contribution in [3.8, 4) is 11.5 Å². The Kier molecular flexibility index (Phi) is 18.1. The molecular weight excluding hydrogens is 865 g/mol. The van der Waals surface area contributed by atoms with E-state index in [2.05, 4.69) is 30.0 Å². The minimum Gasteiger partial charge on any atom is -0.490 e. The summed E-state index contributed by atoms with van der Waals surface area (Å²) in [5.41, 5.74) is 1.01. The lowest BCUT2D eigenvalue weighted by Crippen LogP contribution is -2.55. The summed E-state index contributed by atoms with van der Waals surface area (Å²) in [5, 5.41) is 16.0. The summed E-state index contributed by atoms with van der Waals surface area (Å²) in [7, 11) is 0. The molecule has 1 unspecified atom stereocenters. The Morgan fingerprint density at radius 3 is 1.75 bits per heavy atom. The third kappa shape index (κ3) is 15.9. The molecule has 9 rings (SSSR count).